The minimum atomic E-state index is -0.490. The third-order valence-electron chi connectivity index (χ3n) is 6.06. The van der Waals surface area contributed by atoms with E-state index in [9.17, 15) is 4.79 Å². The Balaban J connectivity index is 1.80. The Labute approximate surface area is 199 Å². The van der Waals surface area contributed by atoms with Crippen LogP contribution in [-0.2, 0) is 6.42 Å². The van der Waals surface area contributed by atoms with Gasteiger partial charge in [-0.3, -0.25) is 4.90 Å². The lowest BCUT2D eigenvalue weighted by Gasteiger charge is -2.35. The Morgan fingerprint density at radius 3 is 2.44 bits per heavy atom. The SMILES string of the molecule is CCCN1C(=O)NC(c2ccc(OC)c(OC)c2)C(c2nc(-c3ccc(CC)cc3)no2)=C1C. The van der Waals surface area contributed by atoms with Crippen molar-refractivity contribution in [2.75, 3.05) is 20.8 Å². The highest BCUT2D eigenvalue weighted by Crippen LogP contribution is 2.40. The first-order chi connectivity index (χ1) is 16.5. The zero-order valence-corrected chi connectivity index (χ0v) is 20.2. The molecule has 8 nitrogen and oxygen atoms in total. The molecular weight excluding hydrogens is 432 g/mol. The van der Waals surface area contributed by atoms with Gasteiger partial charge in [0.2, 0.25) is 5.82 Å². The lowest BCUT2D eigenvalue weighted by atomic mass is 9.94. The number of allylic oxidation sites excluding steroid dienone is 1. The number of methoxy groups -OCH3 is 2. The van der Waals surface area contributed by atoms with E-state index in [1.165, 1.54) is 5.56 Å². The van der Waals surface area contributed by atoms with Crippen molar-refractivity contribution >= 4 is 11.6 Å². The smallest absolute Gasteiger partial charge is 0.322 e. The minimum Gasteiger partial charge on any atom is -0.493 e. The topological polar surface area (TPSA) is 89.7 Å². The van der Waals surface area contributed by atoms with Crippen molar-refractivity contribution < 1.29 is 18.8 Å². The summed E-state index contributed by atoms with van der Waals surface area (Å²) >= 11 is 0. The lowest BCUT2D eigenvalue weighted by molar-refractivity contribution is 0.205. The third-order valence-corrected chi connectivity index (χ3v) is 6.06. The van der Waals surface area contributed by atoms with Crippen molar-refractivity contribution in [1.29, 1.82) is 0 Å². The van der Waals surface area contributed by atoms with Crippen molar-refractivity contribution in [3.05, 3.63) is 65.2 Å². The maximum Gasteiger partial charge on any atom is 0.322 e. The Morgan fingerprint density at radius 2 is 1.79 bits per heavy atom. The molecule has 34 heavy (non-hydrogen) atoms. The van der Waals surface area contributed by atoms with Crippen LogP contribution < -0.4 is 14.8 Å². The molecule has 0 fully saturated rings. The first kappa shape index (κ1) is 23.4. The molecular formula is C26H30N4O4. The van der Waals surface area contributed by atoms with Gasteiger partial charge in [0, 0.05) is 17.8 Å². The first-order valence-electron chi connectivity index (χ1n) is 11.4. The molecule has 1 unspecified atom stereocenters. The van der Waals surface area contributed by atoms with E-state index in [0.29, 0.717) is 29.8 Å². The van der Waals surface area contributed by atoms with E-state index in [4.69, 9.17) is 19.0 Å². The Kier molecular flexibility index (Phi) is 6.86. The van der Waals surface area contributed by atoms with Gasteiger partial charge < -0.3 is 19.3 Å². The fourth-order valence-corrected chi connectivity index (χ4v) is 4.17. The molecule has 2 aromatic carbocycles. The van der Waals surface area contributed by atoms with E-state index in [2.05, 4.69) is 29.5 Å². The standard InChI is InChI=1S/C26H30N4O4/c1-6-14-30-16(3)22(25-28-24(29-34-25)18-10-8-17(7-2)9-11-18)23(27-26(30)31)19-12-13-20(32-4)21(15-19)33-5/h8-13,15,23H,6-7,14H2,1-5H3,(H,27,31). The van der Waals surface area contributed by atoms with Crippen LogP contribution in [0.4, 0.5) is 4.79 Å². The molecule has 1 aliphatic rings. The van der Waals surface area contributed by atoms with Crippen LogP contribution in [0.3, 0.4) is 0 Å². The second-order valence-corrected chi connectivity index (χ2v) is 8.12. The predicted octanol–water partition coefficient (Wildman–Crippen LogP) is 5.22. The van der Waals surface area contributed by atoms with Crippen LogP contribution in [0.25, 0.3) is 17.0 Å². The van der Waals surface area contributed by atoms with Crippen molar-refractivity contribution in [2.45, 2.75) is 39.7 Å². The molecule has 0 aliphatic carbocycles. The van der Waals surface area contributed by atoms with Crippen molar-refractivity contribution in [3.63, 3.8) is 0 Å². The summed E-state index contributed by atoms with van der Waals surface area (Å²) in [5, 5.41) is 7.34. The highest BCUT2D eigenvalue weighted by Gasteiger charge is 2.35. The van der Waals surface area contributed by atoms with Gasteiger partial charge in [0.15, 0.2) is 11.5 Å². The summed E-state index contributed by atoms with van der Waals surface area (Å²) in [5.74, 6) is 2.05. The average molecular weight is 463 g/mol. The molecule has 1 aliphatic heterocycles. The molecule has 0 saturated heterocycles. The maximum absolute atomic E-state index is 13.0. The molecule has 0 spiro atoms. The second-order valence-electron chi connectivity index (χ2n) is 8.12. The lowest BCUT2D eigenvalue weighted by Crippen LogP contribution is -2.46. The van der Waals surface area contributed by atoms with Crippen LogP contribution in [0.5, 0.6) is 11.5 Å². The van der Waals surface area contributed by atoms with Crippen LogP contribution in [0, 0.1) is 0 Å². The van der Waals surface area contributed by atoms with Crippen molar-refractivity contribution in [2.24, 2.45) is 0 Å². The summed E-state index contributed by atoms with van der Waals surface area (Å²) in [7, 11) is 3.17. The third kappa shape index (κ3) is 4.35. The average Bonchev–Trinajstić information content (AvgIpc) is 3.35. The van der Waals surface area contributed by atoms with Gasteiger partial charge in [-0.05, 0) is 43.0 Å². The van der Waals surface area contributed by atoms with E-state index in [0.717, 1.165) is 35.2 Å². The van der Waals surface area contributed by atoms with Gasteiger partial charge in [-0.2, -0.15) is 4.98 Å². The number of carbonyl (C=O) groups excluding carboxylic acids is 1. The quantitative estimate of drug-likeness (QED) is 0.493. The molecule has 1 N–H and O–H groups in total. The number of aryl methyl sites for hydroxylation is 1. The molecule has 3 aromatic rings. The van der Waals surface area contributed by atoms with Crippen molar-refractivity contribution in [3.8, 4) is 22.9 Å². The summed E-state index contributed by atoms with van der Waals surface area (Å²) < 4.78 is 16.6. The van der Waals surface area contributed by atoms with E-state index in [1.807, 2.05) is 44.2 Å². The van der Waals surface area contributed by atoms with Crippen LogP contribution in [-0.4, -0.2) is 41.8 Å². The molecule has 0 saturated carbocycles. The predicted molar refractivity (Wildman–Crippen MR) is 130 cm³/mol. The van der Waals surface area contributed by atoms with Crippen LogP contribution in [0.2, 0.25) is 0 Å². The number of urea groups is 1. The molecule has 2 amide bonds. The molecule has 0 bridgehead atoms. The normalized spacial score (nSPS) is 16.0. The van der Waals surface area contributed by atoms with E-state index < -0.39 is 6.04 Å². The van der Waals surface area contributed by atoms with Gasteiger partial charge in [-0.25, -0.2) is 4.79 Å². The molecule has 0 radical (unpaired) electrons. The van der Waals surface area contributed by atoms with E-state index in [-0.39, 0.29) is 6.03 Å². The number of ether oxygens (including phenoxy) is 2. The summed E-state index contributed by atoms with van der Waals surface area (Å²) in [6, 6.07) is 13.0. The van der Waals surface area contributed by atoms with Gasteiger partial charge in [-0.1, -0.05) is 49.3 Å². The number of benzene rings is 2. The molecule has 4 rings (SSSR count). The van der Waals surface area contributed by atoms with Crippen LogP contribution in [0.15, 0.2) is 52.7 Å². The highest BCUT2D eigenvalue weighted by molar-refractivity contribution is 5.87. The van der Waals surface area contributed by atoms with Gasteiger partial charge >= 0.3 is 6.03 Å². The highest BCUT2D eigenvalue weighted by atomic mass is 16.5. The Morgan fingerprint density at radius 1 is 1.06 bits per heavy atom. The second kappa shape index (κ2) is 9.99. The number of carbonyl (C=O) groups is 1. The van der Waals surface area contributed by atoms with Crippen molar-refractivity contribution in [1.82, 2.24) is 20.4 Å². The number of aromatic nitrogens is 2. The maximum atomic E-state index is 13.0. The molecule has 8 heteroatoms. The van der Waals surface area contributed by atoms with Gasteiger partial charge in [0.25, 0.3) is 5.89 Å². The summed E-state index contributed by atoms with van der Waals surface area (Å²) in [4.78, 5) is 19.4. The zero-order valence-electron chi connectivity index (χ0n) is 20.2. The minimum absolute atomic E-state index is 0.169. The number of amides is 2. The molecule has 2 heterocycles. The summed E-state index contributed by atoms with van der Waals surface area (Å²) in [5.41, 5.74) is 4.47. The number of rotatable bonds is 8. The van der Waals surface area contributed by atoms with Gasteiger partial charge in [-0.15, -0.1) is 0 Å². The summed E-state index contributed by atoms with van der Waals surface area (Å²) in [6.07, 6.45) is 1.78. The molecule has 1 atom stereocenters. The van der Waals surface area contributed by atoms with Crippen LogP contribution >= 0.6 is 0 Å². The molecule has 178 valence electrons. The fraction of sp³-hybridized carbons (Fsp3) is 0.346. The van der Waals surface area contributed by atoms with E-state index in [1.54, 1.807) is 19.1 Å². The number of hydrogen-bond donors (Lipinski definition) is 1. The van der Waals surface area contributed by atoms with Gasteiger partial charge in [0.1, 0.15) is 0 Å². The monoisotopic (exact) mass is 462 g/mol. The zero-order chi connectivity index (χ0) is 24.2. The first-order valence-corrected chi connectivity index (χ1v) is 11.4. The Hall–Kier alpha value is -3.81. The van der Waals surface area contributed by atoms with Gasteiger partial charge in [0.05, 0.1) is 25.8 Å². The fourth-order valence-electron chi connectivity index (χ4n) is 4.17. The number of hydrogen-bond acceptors (Lipinski definition) is 6. The summed E-state index contributed by atoms with van der Waals surface area (Å²) in [6.45, 7) is 6.65. The molecule has 1 aromatic heterocycles. The Bertz CT molecular complexity index is 1200. The number of nitrogens with one attached hydrogen (secondary N) is 1. The largest absolute Gasteiger partial charge is 0.493 e. The number of nitrogens with zero attached hydrogens (tertiary/aromatic N) is 3. The van der Waals surface area contributed by atoms with Crippen LogP contribution in [0.1, 0.15) is 50.3 Å². The van der Waals surface area contributed by atoms with E-state index >= 15 is 0 Å².